The topological polar surface area (TPSA) is 29.5 Å². The van der Waals surface area contributed by atoms with Crippen LogP contribution in [0.4, 0.5) is 0 Å². The van der Waals surface area contributed by atoms with Crippen molar-refractivity contribution in [2.45, 2.75) is 19.8 Å². The van der Waals surface area contributed by atoms with Crippen LogP contribution in [-0.2, 0) is 4.84 Å². The summed E-state index contributed by atoms with van der Waals surface area (Å²) in [4.78, 5) is 17.3. The molecule has 1 aromatic carbocycles. The molecule has 1 saturated heterocycles. The van der Waals surface area contributed by atoms with Crippen molar-refractivity contribution in [3.63, 3.8) is 0 Å². The van der Waals surface area contributed by atoms with Crippen LogP contribution in [0.2, 0.25) is 5.02 Å². The Balaban J connectivity index is 2.16. The van der Waals surface area contributed by atoms with E-state index in [1.165, 1.54) is 5.06 Å². The molecule has 1 aliphatic heterocycles. The number of aryl methyl sites for hydroxylation is 1. The first-order valence-corrected chi connectivity index (χ1v) is 5.77. The summed E-state index contributed by atoms with van der Waals surface area (Å²) in [6.45, 7) is 3.18. The van der Waals surface area contributed by atoms with Crippen molar-refractivity contribution in [1.82, 2.24) is 5.06 Å². The first kappa shape index (κ1) is 11.4. The third-order valence-corrected chi connectivity index (χ3v) is 3.06. The molecule has 0 unspecified atom stereocenters. The molecule has 0 bridgehead atoms. The highest BCUT2D eigenvalue weighted by Gasteiger charge is 2.19. The lowest BCUT2D eigenvalue weighted by atomic mass is 10.1. The molecule has 0 radical (unpaired) electrons. The summed E-state index contributed by atoms with van der Waals surface area (Å²) < 4.78 is 0. The normalized spacial score (nSPS) is 16.2. The minimum absolute atomic E-state index is 0.0838. The van der Waals surface area contributed by atoms with Gasteiger partial charge in [-0.25, -0.2) is 5.06 Å². The Labute approximate surface area is 99.9 Å². The Morgan fingerprint density at radius 2 is 2.25 bits per heavy atom. The molecular weight excluding hydrogens is 226 g/mol. The van der Waals surface area contributed by atoms with E-state index in [1.807, 2.05) is 6.92 Å². The van der Waals surface area contributed by atoms with E-state index in [1.54, 1.807) is 18.2 Å². The second-order valence-electron chi connectivity index (χ2n) is 3.91. The van der Waals surface area contributed by atoms with Crippen LogP contribution in [0.25, 0.3) is 0 Å². The molecule has 0 aliphatic carbocycles. The van der Waals surface area contributed by atoms with Gasteiger partial charge in [-0.2, -0.15) is 0 Å². The average molecular weight is 240 g/mol. The van der Waals surface area contributed by atoms with Crippen molar-refractivity contribution < 1.29 is 9.63 Å². The van der Waals surface area contributed by atoms with Gasteiger partial charge in [0.25, 0.3) is 5.91 Å². The summed E-state index contributed by atoms with van der Waals surface area (Å²) >= 11 is 5.91. The zero-order valence-electron chi connectivity index (χ0n) is 9.20. The van der Waals surface area contributed by atoms with Crippen molar-refractivity contribution in [3.8, 4) is 0 Å². The maximum absolute atomic E-state index is 12.0. The third-order valence-electron chi connectivity index (χ3n) is 2.63. The van der Waals surface area contributed by atoms with E-state index >= 15 is 0 Å². The Morgan fingerprint density at radius 1 is 1.44 bits per heavy atom. The lowest BCUT2D eigenvalue weighted by Crippen LogP contribution is -2.35. The molecule has 2 rings (SSSR count). The predicted octanol–water partition coefficient (Wildman–Crippen LogP) is 2.82. The number of rotatable bonds is 1. The molecule has 1 heterocycles. The van der Waals surface area contributed by atoms with Crippen LogP contribution < -0.4 is 0 Å². The Bertz CT molecular complexity index is 400. The molecule has 1 amide bonds. The fraction of sp³-hybridized carbons (Fsp3) is 0.417. The fourth-order valence-corrected chi connectivity index (χ4v) is 1.80. The highest BCUT2D eigenvalue weighted by molar-refractivity contribution is 6.31. The van der Waals surface area contributed by atoms with Crippen molar-refractivity contribution in [2.24, 2.45) is 0 Å². The standard InChI is InChI=1S/C12H14ClNO2/c1-9-8-10(4-5-11(9)13)12(15)14-6-2-3-7-16-14/h4-5,8H,2-3,6-7H2,1H3. The number of hydroxylamine groups is 2. The summed E-state index contributed by atoms with van der Waals surface area (Å²) in [7, 11) is 0. The number of benzene rings is 1. The second-order valence-corrected chi connectivity index (χ2v) is 4.32. The quantitative estimate of drug-likeness (QED) is 0.754. The maximum atomic E-state index is 12.0. The van der Waals surface area contributed by atoms with Gasteiger partial charge in [0.15, 0.2) is 0 Å². The van der Waals surface area contributed by atoms with E-state index in [4.69, 9.17) is 16.4 Å². The minimum Gasteiger partial charge on any atom is -0.271 e. The van der Waals surface area contributed by atoms with Gasteiger partial charge in [0.2, 0.25) is 0 Å². The monoisotopic (exact) mass is 239 g/mol. The minimum atomic E-state index is -0.0838. The zero-order chi connectivity index (χ0) is 11.5. The number of carbonyl (C=O) groups excluding carboxylic acids is 1. The van der Waals surface area contributed by atoms with Gasteiger partial charge in [-0.1, -0.05) is 11.6 Å². The van der Waals surface area contributed by atoms with Crippen LogP contribution in [0, 0.1) is 6.92 Å². The number of halogens is 1. The SMILES string of the molecule is Cc1cc(C(=O)N2CCCCO2)ccc1Cl. The van der Waals surface area contributed by atoms with Crippen LogP contribution in [-0.4, -0.2) is 24.1 Å². The van der Waals surface area contributed by atoms with Crippen LogP contribution >= 0.6 is 11.6 Å². The first-order chi connectivity index (χ1) is 7.68. The molecule has 86 valence electrons. The molecule has 3 nitrogen and oxygen atoms in total. The molecule has 0 spiro atoms. The Kier molecular flexibility index (Phi) is 3.46. The molecule has 1 fully saturated rings. The van der Waals surface area contributed by atoms with Crippen LogP contribution in [0.15, 0.2) is 18.2 Å². The predicted molar refractivity (Wildman–Crippen MR) is 62.4 cm³/mol. The number of hydrogen-bond donors (Lipinski definition) is 0. The number of amides is 1. The largest absolute Gasteiger partial charge is 0.277 e. The molecule has 0 atom stereocenters. The molecule has 1 aromatic rings. The van der Waals surface area contributed by atoms with E-state index in [2.05, 4.69) is 0 Å². The van der Waals surface area contributed by atoms with Crippen LogP contribution in [0.3, 0.4) is 0 Å². The zero-order valence-corrected chi connectivity index (χ0v) is 9.96. The lowest BCUT2D eigenvalue weighted by Gasteiger charge is -2.25. The summed E-state index contributed by atoms with van der Waals surface area (Å²) in [5, 5.41) is 2.11. The highest BCUT2D eigenvalue weighted by atomic mass is 35.5. The number of hydrogen-bond acceptors (Lipinski definition) is 2. The lowest BCUT2D eigenvalue weighted by molar-refractivity contribution is -0.144. The van der Waals surface area contributed by atoms with Gasteiger partial charge >= 0.3 is 0 Å². The van der Waals surface area contributed by atoms with Gasteiger partial charge in [-0.3, -0.25) is 9.63 Å². The molecule has 0 saturated carbocycles. The van der Waals surface area contributed by atoms with E-state index in [-0.39, 0.29) is 5.91 Å². The third kappa shape index (κ3) is 2.36. The summed E-state index contributed by atoms with van der Waals surface area (Å²) in [6, 6.07) is 5.27. The molecule has 4 heteroatoms. The van der Waals surface area contributed by atoms with Crippen molar-refractivity contribution in [1.29, 1.82) is 0 Å². The van der Waals surface area contributed by atoms with Gasteiger partial charge in [-0.05, 0) is 43.5 Å². The molecule has 0 N–H and O–H groups in total. The molecule has 0 aromatic heterocycles. The van der Waals surface area contributed by atoms with Gasteiger partial charge in [0, 0.05) is 17.1 Å². The van der Waals surface area contributed by atoms with Crippen molar-refractivity contribution >= 4 is 17.5 Å². The van der Waals surface area contributed by atoms with Gasteiger partial charge in [0.05, 0.1) is 6.61 Å². The maximum Gasteiger partial charge on any atom is 0.277 e. The van der Waals surface area contributed by atoms with Crippen LogP contribution in [0.5, 0.6) is 0 Å². The summed E-state index contributed by atoms with van der Waals surface area (Å²) in [5.74, 6) is -0.0838. The van der Waals surface area contributed by atoms with E-state index in [0.717, 1.165) is 18.4 Å². The summed E-state index contributed by atoms with van der Waals surface area (Å²) in [5.41, 5.74) is 1.54. The second kappa shape index (κ2) is 4.85. The van der Waals surface area contributed by atoms with Crippen molar-refractivity contribution in [2.75, 3.05) is 13.2 Å². The van der Waals surface area contributed by atoms with Crippen molar-refractivity contribution in [3.05, 3.63) is 34.3 Å². The molecule has 16 heavy (non-hydrogen) atoms. The molecular formula is C12H14ClNO2. The summed E-state index contributed by atoms with van der Waals surface area (Å²) in [6.07, 6.45) is 2.02. The number of nitrogens with zero attached hydrogens (tertiary/aromatic N) is 1. The first-order valence-electron chi connectivity index (χ1n) is 5.39. The Morgan fingerprint density at radius 3 is 2.88 bits per heavy atom. The molecule has 1 aliphatic rings. The highest BCUT2D eigenvalue weighted by Crippen LogP contribution is 2.18. The van der Waals surface area contributed by atoms with Gasteiger partial charge in [-0.15, -0.1) is 0 Å². The van der Waals surface area contributed by atoms with E-state index < -0.39 is 0 Å². The fourth-order valence-electron chi connectivity index (χ4n) is 1.68. The van der Waals surface area contributed by atoms with Gasteiger partial charge < -0.3 is 0 Å². The van der Waals surface area contributed by atoms with E-state index in [9.17, 15) is 4.79 Å². The number of carbonyl (C=O) groups is 1. The van der Waals surface area contributed by atoms with E-state index in [0.29, 0.717) is 23.7 Å². The Hall–Kier alpha value is -1.06. The van der Waals surface area contributed by atoms with Gasteiger partial charge in [0.1, 0.15) is 0 Å². The smallest absolute Gasteiger partial charge is 0.271 e. The average Bonchev–Trinajstić information content (AvgIpc) is 2.33. The van der Waals surface area contributed by atoms with Crippen LogP contribution in [0.1, 0.15) is 28.8 Å².